The van der Waals surface area contributed by atoms with E-state index in [-0.39, 0.29) is 18.6 Å². The number of benzene rings is 1. The van der Waals surface area contributed by atoms with Crippen molar-refractivity contribution in [1.82, 2.24) is 9.88 Å². The van der Waals surface area contributed by atoms with Gasteiger partial charge in [-0.3, -0.25) is 4.79 Å². The molecule has 8 heteroatoms. The molecule has 1 aliphatic heterocycles. The molecule has 1 atom stereocenters. The van der Waals surface area contributed by atoms with Crippen LogP contribution in [0.1, 0.15) is 6.42 Å². The van der Waals surface area contributed by atoms with E-state index in [0.29, 0.717) is 34.8 Å². The molecule has 1 amide bonds. The number of carbonyl (C=O) groups excluding carboxylic acids is 1. The Morgan fingerprint density at radius 2 is 2.20 bits per heavy atom. The van der Waals surface area contributed by atoms with E-state index in [1.807, 2.05) is 12.1 Å². The molecular formula is C17H15BrCl2N2O3. The minimum Gasteiger partial charge on any atom is -0.482 e. The van der Waals surface area contributed by atoms with Crippen LogP contribution in [-0.4, -0.2) is 41.6 Å². The van der Waals surface area contributed by atoms with Crippen molar-refractivity contribution in [2.75, 3.05) is 19.7 Å². The first-order chi connectivity index (χ1) is 12.0. The lowest BCUT2D eigenvalue weighted by atomic mass is 10.3. The number of hydrogen-bond donors (Lipinski definition) is 0. The van der Waals surface area contributed by atoms with Gasteiger partial charge in [-0.1, -0.05) is 23.2 Å². The van der Waals surface area contributed by atoms with E-state index in [9.17, 15) is 4.79 Å². The van der Waals surface area contributed by atoms with Crippen LogP contribution >= 0.6 is 39.1 Å². The lowest BCUT2D eigenvalue weighted by Gasteiger charge is -2.18. The van der Waals surface area contributed by atoms with Gasteiger partial charge in [0, 0.05) is 24.2 Å². The topological polar surface area (TPSA) is 51.7 Å². The maximum absolute atomic E-state index is 12.3. The molecule has 1 aromatic carbocycles. The van der Waals surface area contributed by atoms with Crippen LogP contribution in [0.25, 0.3) is 0 Å². The van der Waals surface area contributed by atoms with Crippen LogP contribution in [0, 0.1) is 0 Å². The van der Waals surface area contributed by atoms with Crippen LogP contribution in [0.2, 0.25) is 10.0 Å². The molecule has 0 spiro atoms. The molecule has 132 valence electrons. The maximum atomic E-state index is 12.3. The van der Waals surface area contributed by atoms with Crippen LogP contribution in [0.15, 0.2) is 41.0 Å². The molecule has 0 aliphatic carbocycles. The summed E-state index contributed by atoms with van der Waals surface area (Å²) in [5, 5.41) is 0.895. The van der Waals surface area contributed by atoms with Crippen molar-refractivity contribution in [3.05, 3.63) is 51.0 Å². The molecule has 2 aromatic rings. The van der Waals surface area contributed by atoms with Gasteiger partial charge in [0.1, 0.15) is 11.9 Å². The molecule has 5 nitrogen and oxygen atoms in total. The number of likely N-dealkylation sites (tertiary alicyclic amines) is 1. The smallest absolute Gasteiger partial charge is 0.260 e. The van der Waals surface area contributed by atoms with Crippen molar-refractivity contribution in [1.29, 1.82) is 0 Å². The summed E-state index contributed by atoms with van der Waals surface area (Å²) >= 11 is 15.3. The number of nitrogens with zero attached hydrogens (tertiary/aromatic N) is 2. The Hall–Kier alpha value is -1.50. The lowest BCUT2D eigenvalue weighted by molar-refractivity contribution is -0.132. The zero-order valence-corrected chi connectivity index (χ0v) is 16.2. The Kier molecular flexibility index (Phi) is 6.04. The fourth-order valence-electron chi connectivity index (χ4n) is 2.49. The van der Waals surface area contributed by atoms with E-state index in [0.717, 1.165) is 10.9 Å². The van der Waals surface area contributed by atoms with Crippen LogP contribution in [-0.2, 0) is 4.79 Å². The highest BCUT2D eigenvalue weighted by molar-refractivity contribution is 9.10. The highest BCUT2D eigenvalue weighted by atomic mass is 79.9. The summed E-state index contributed by atoms with van der Waals surface area (Å²) in [6.45, 7) is 1.03. The van der Waals surface area contributed by atoms with Gasteiger partial charge in [-0.25, -0.2) is 4.98 Å². The Balaban J connectivity index is 1.51. The van der Waals surface area contributed by atoms with Gasteiger partial charge in [-0.15, -0.1) is 0 Å². The number of ether oxygens (including phenoxy) is 2. The summed E-state index contributed by atoms with van der Waals surface area (Å²) in [6.07, 6.45) is 2.33. The van der Waals surface area contributed by atoms with Gasteiger partial charge < -0.3 is 14.4 Å². The fraction of sp³-hybridized carbons (Fsp3) is 0.294. The highest BCUT2D eigenvalue weighted by Crippen LogP contribution is 2.28. The summed E-state index contributed by atoms with van der Waals surface area (Å²) < 4.78 is 12.1. The van der Waals surface area contributed by atoms with Gasteiger partial charge in [-0.2, -0.15) is 0 Å². The Labute approximate surface area is 164 Å². The molecule has 2 heterocycles. The van der Waals surface area contributed by atoms with E-state index in [1.54, 1.807) is 29.3 Å². The largest absolute Gasteiger partial charge is 0.482 e. The Morgan fingerprint density at radius 3 is 2.96 bits per heavy atom. The van der Waals surface area contributed by atoms with Gasteiger partial charge in [0.2, 0.25) is 5.88 Å². The lowest BCUT2D eigenvalue weighted by Crippen LogP contribution is -2.34. The normalized spacial score (nSPS) is 16.8. The minimum atomic E-state index is -0.114. The maximum Gasteiger partial charge on any atom is 0.260 e. The summed E-state index contributed by atoms with van der Waals surface area (Å²) in [7, 11) is 0. The molecular weight excluding hydrogens is 431 g/mol. The minimum absolute atomic E-state index is 0.0820. The van der Waals surface area contributed by atoms with Gasteiger partial charge in [-0.05, 0) is 46.3 Å². The van der Waals surface area contributed by atoms with Crippen LogP contribution in [0.5, 0.6) is 11.6 Å². The fourth-order valence-corrected chi connectivity index (χ4v) is 3.30. The second-order valence-corrected chi connectivity index (χ2v) is 7.22. The molecule has 1 aliphatic rings. The highest BCUT2D eigenvalue weighted by Gasteiger charge is 2.28. The van der Waals surface area contributed by atoms with Crippen LogP contribution in [0.3, 0.4) is 0 Å². The molecule has 0 N–H and O–H groups in total. The van der Waals surface area contributed by atoms with Crippen molar-refractivity contribution in [2.24, 2.45) is 0 Å². The van der Waals surface area contributed by atoms with Crippen molar-refractivity contribution in [2.45, 2.75) is 12.5 Å². The van der Waals surface area contributed by atoms with Gasteiger partial charge >= 0.3 is 0 Å². The van der Waals surface area contributed by atoms with E-state index >= 15 is 0 Å². The zero-order chi connectivity index (χ0) is 17.8. The third-order valence-corrected chi connectivity index (χ3v) is 4.88. The molecule has 1 aromatic heterocycles. The van der Waals surface area contributed by atoms with Gasteiger partial charge in [0.05, 0.1) is 16.0 Å². The number of rotatable bonds is 5. The molecule has 1 fully saturated rings. The first-order valence-corrected chi connectivity index (χ1v) is 9.20. The summed E-state index contributed by atoms with van der Waals surface area (Å²) in [5.74, 6) is 0.854. The standard InChI is InChI=1S/C17H15BrCl2N2O3/c18-13-2-1-6-21-17(13)25-12-5-7-22(9-12)16(23)10-24-15-4-3-11(19)8-14(15)20/h1-4,6,8,12H,5,7,9-10H2. The number of pyridine rings is 1. The number of carbonyl (C=O) groups is 1. The molecule has 0 bridgehead atoms. The van der Waals surface area contributed by atoms with E-state index in [4.69, 9.17) is 32.7 Å². The van der Waals surface area contributed by atoms with E-state index in [2.05, 4.69) is 20.9 Å². The number of hydrogen-bond acceptors (Lipinski definition) is 4. The molecule has 1 unspecified atom stereocenters. The van der Waals surface area contributed by atoms with Crippen molar-refractivity contribution < 1.29 is 14.3 Å². The summed E-state index contributed by atoms with van der Waals surface area (Å²) in [5.41, 5.74) is 0. The van der Waals surface area contributed by atoms with Crippen molar-refractivity contribution in [3.8, 4) is 11.6 Å². The van der Waals surface area contributed by atoms with Gasteiger partial charge in [0.15, 0.2) is 6.61 Å². The second-order valence-electron chi connectivity index (χ2n) is 5.52. The summed E-state index contributed by atoms with van der Waals surface area (Å²) in [6, 6.07) is 8.57. The average Bonchev–Trinajstić information content (AvgIpc) is 3.05. The molecule has 3 rings (SSSR count). The first-order valence-electron chi connectivity index (χ1n) is 7.65. The predicted octanol–water partition coefficient (Wildman–Crippen LogP) is 4.21. The Morgan fingerprint density at radius 1 is 1.36 bits per heavy atom. The van der Waals surface area contributed by atoms with Crippen LogP contribution in [0.4, 0.5) is 0 Å². The summed E-state index contributed by atoms with van der Waals surface area (Å²) in [4.78, 5) is 18.2. The zero-order valence-electron chi connectivity index (χ0n) is 13.1. The quantitative estimate of drug-likeness (QED) is 0.691. The second kappa shape index (κ2) is 8.25. The van der Waals surface area contributed by atoms with Crippen LogP contribution < -0.4 is 9.47 Å². The SMILES string of the molecule is O=C(COc1ccc(Cl)cc1Cl)N1CCC(Oc2ncccc2Br)C1. The third kappa shape index (κ3) is 4.77. The predicted molar refractivity (Wildman–Crippen MR) is 99.5 cm³/mol. The number of amides is 1. The Bertz CT molecular complexity index is 775. The number of aromatic nitrogens is 1. The third-order valence-electron chi connectivity index (χ3n) is 3.75. The average molecular weight is 446 g/mol. The molecule has 0 radical (unpaired) electrons. The number of halogens is 3. The van der Waals surface area contributed by atoms with Gasteiger partial charge in [0.25, 0.3) is 5.91 Å². The molecule has 0 saturated carbocycles. The van der Waals surface area contributed by atoms with Crippen molar-refractivity contribution >= 4 is 45.0 Å². The van der Waals surface area contributed by atoms with E-state index in [1.165, 1.54) is 0 Å². The van der Waals surface area contributed by atoms with E-state index < -0.39 is 0 Å². The molecule has 25 heavy (non-hydrogen) atoms. The monoisotopic (exact) mass is 444 g/mol. The molecule has 1 saturated heterocycles. The first kappa shape index (κ1) is 18.3. The van der Waals surface area contributed by atoms with Crippen molar-refractivity contribution in [3.63, 3.8) is 0 Å².